The predicted molar refractivity (Wildman–Crippen MR) is 146 cm³/mol. The number of carbonyl (C=O) groups is 1. The number of carbonyl (C=O) groups excluding carboxylic acids is 1. The highest BCUT2D eigenvalue weighted by molar-refractivity contribution is 7.94. The average molecular weight is 565 g/mol. The van der Waals surface area contributed by atoms with Crippen molar-refractivity contribution in [2.75, 3.05) is 11.8 Å². The fraction of sp³-hybridized carbons (Fsp3) is 0.280. The first-order valence-electron chi connectivity index (χ1n) is 11.2. The number of anilines is 1. The van der Waals surface area contributed by atoms with Crippen LogP contribution in [0.3, 0.4) is 0 Å². The first-order valence-corrected chi connectivity index (χ1v) is 13.9. The van der Waals surface area contributed by atoms with Gasteiger partial charge in [-0.3, -0.25) is 14.2 Å². The van der Waals surface area contributed by atoms with Crippen LogP contribution in [-0.2, 0) is 32.6 Å². The van der Waals surface area contributed by atoms with Crippen molar-refractivity contribution in [3.05, 3.63) is 74.6 Å². The third kappa shape index (κ3) is 7.01. The molecule has 0 spiro atoms. The van der Waals surface area contributed by atoms with Gasteiger partial charge in [0.15, 0.2) is 5.82 Å². The number of allylic oxidation sites excluding steroid dienone is 1. The molecule has 0 saturated carbocycles. The van der Waals surface area contributed by atoms with Crippen LogP contribution in [0.15, 0.2) is 52.8 Å². The smallest absolute Gasteiger partial charge is 0.272 e. The molecule has 9 nitrogen and oxygen atoms in total. The molecule has 2 heterocycles. The van der Waals surface area contributed by atoms with Crippen LogP contribution in [0, 0.1) is 0 Å². The zero-order chi connectivity index (χ0) is 27.4. The number of hydrogen-bond acceptors (Lipinski definition) is 7. The van der Waals surface area contributed by atoms with Crippen molar-refractivity contribution in [3.63, 3.8) is 0 Å². The Labute approximate surface area is 224 Å². The summed E-state index contributed by atoms with van der Waals surface area (Å²) in [4.78, 5) is 12.0. The van der Waals surface area contributed by atoms with E-state index in [1.54, 1.807) is 16.8 Å². The van der Waals surface area contributed by atoms with Crippen molar-refractivity contribution < 1.29 is 23.1 Å². The first-order chi connectivity index (χ1) is 17.4. The minimum Gasteiger partial charge on any atom is -0.496 e. The molecule has 3 N–H and O–H groups in total. The molecule has 0 aliphatic carbocycles. The van der Waals surface area contributed by atoms with Gasteiger partial charge in [-0.15, -0.1) is 11.3 Å². The molecule has 0 unspecified atom stereocenters. The highest BCUT2D eigenvalue weighted by Gasteiger charge is 2.23. The molecule has 37 heavy (non-hydrogen) atoms. The summed E-state index contributed by atoms with van der Waals surface area (Å²) in [7, 11) is -2.47. The number of thiophene rings is 1. The Morgan fingerprint density at radius 3 is 2.59 bits per heavy atom. The fourth-order valence-corrected chi connectivity index (χ4v) is 5.88. The van der Waals surface area contributed by atoms with Crippen molar-refractivity contribution in [3.8, 4) is 0 Å². The second kappa shape index (κ2) is 11.5. The lowest BCUT2D eigenvalue weighted by atomic mass is 10.1. The van der Waals surface area contributed by atoms with Gasteiger partial charge >= 0.3 is 0 Å². The van der Waals surface area contributed by atoms with Crippen LogP contribution >= 0.6 is 22.9 Å². The van der Waals surface area contributed by atoms with E-state index in [-0.39, 0.29) is 23.1 Å². The lowest BCUT2D eigenvalue weighted by Gasteiger charge is -2.16. The Hall–Kier alpha value is -3.12. The van der Waals surface area contributed by atoms with Crippen LogP contribution < -0.4 is 20.6 Å². The molecule has 3 rings (SSSR count). The maximum atomic E-state index is 13.0. The van der Waals surface area contributed by atoms with Gasteiger partial charge in [-0.25, -0.2) is 8.42 Å². The standard InChI is InChI=1S/C25H29ClN4O5S2/c1-6-8-19(35-5)22-16(2)30(28-23(22)29-37(33,34)21-12-11-20(26)36-21)15-18-10-7-9-17(13-18)14-27-24(31)25(3,4)32/h6-13,32H,2,14-15H2,1,3-5H3,(H,27,31)(H,28,29)/b8-6-,22-19-. The normalized spacial score (nSPS) is 13.0. The summed E-state index contributed by atoms with van der Waals surface area (Å²) in [5.41, 5.74) is 0.187. The molecule has 12 heteroatoms. The molecular formula is C25H29ClN4O5S2. The number of hydrogen-bond donors (Lipinski definition) is 3. The lowest BCUT2D eigenvalue weighted by molar-refractivity contribution is -0.136. The molecule has 0 saturated heterocycles. The maximum absolute atomic E-state index is 13.0. The van der Waals surface area contributed by atoms with E-state index in [0.29, 0.717) is 20.7 Å². The second-order valence-corrected chi connectivity index (χ2v) is 12.2. The van der Waals surface area contributed by atoms with Crippen LogP contribution in [0.1, 0.15) is 31.9 Å². The van der Waals surface area contributed by atoms with Crippen molar-refractivity contribution >= 4 is 57.0 Å². The summed E-state index contributed by atoms with van der Waals surface area (Å²) in [5, 5.41) is 17.9. The van der Waals surface area contributed by atoms with Gasteiger partial charge in [-0.05, 0) is 50.1 Å². The molecule has 0 atom stereocenters. The molecule has 0 bridgehead atoms. The minimum absolute atomic E-state index is 0.0504. The van der Waals surface area contributed by atoms with Crippen LogP contribution in [-0.4, -0.2) is 41.9 Å². The van der Waals surface area contributed by atoms with E-state index < -0.39 is 21.5 Å². The van der Waals surface area contributed by atoms with Gasteiger partial charge in [0, 0.05) is 6.54 Å². The van der Waals surface area contributed by atoms with Gasteiger partial charge in [0.25, 0.3) is 15.9 Å². The highest BCUT2D eigenvalue weighted by atomic mass is 35.5. The van der Waals surface area contributed by atoms with Crippen LogP contribution in [0.25, 0.3) is 12.3 Å². The number of sulfonamides is 1. The number of aliphatic hydroxyl groups is 1. The Bertz CT molecular complexity index is 1540. The molecule has 0 radical (unpaired) electrons. The van der Waals surface area contributed by atoms with E-state index in [2.05, 4.69) is 21.7 Å². The van der Waals surface area contributed by atoms with Gasteiger partial charge in [-0.2, -0.15) is 5.10 Å². The molecule has 198 valence electrons. The van der Waals surface area contributed by atoms with Crippen molar-refractivity contribution in [1.29, 1.82) is 0 Å². The Balaban J connectivity index is 1.99. The summed E-state index contributed by atoms with van der Waals surface area (Å²) >= 11 is 6.87. The summed E-state index contributed by atoms with van der Waals surface area (Å²) < 4.78 is 36.0. The topological polar surface area (TPSA) is 123 Å². The summed E-state index contributed by atoms with van der Waals surface area (Å²) in [5.74, 6) is -0.0213. The number of aromatic nitrogens is 2. The number of nitrogens with zero attached hydrogens (tertiary/aromatic N) is 2. The quantitative estimate of drug-likeness (QED) is 0.348. The Morgan fingerprint density at radius 1 is 1.30 bits per heavy atom. The Kier molecular flexibility index (Phi) is 8.85. The molecule has 0 aliphatic rings. The van der Waals surface area contributed by atoms with E-state index in [4.69, 9.17) is 16.3 Å². The summed E-state index contributed by atoms with van der Waals surface area (Å²) in [6.07, 6.45) is 3.46. The van der Waals surface area contributed by atoms with Crippen molar-refractivity contribution in [2.24, 2.45) is 0 Å². The zero-order valence-corrected chi connectivity index (χ0v) is 23.3. The molecule has 1 amide bonds. The molecular weight excluding hydrogens is 536 g/mol. The number of benzene rings is 1. The lowest BCUT2D eigenvalue weighted by Crippen LogP contribution is -2.41. The SMILES string of the molecule is C=c1/c(=C(\C=C/C)OC)c(NS(=O)(=O)c2ccc(Cl)s2)nn1Cc1cccc(CNC(=O)C(C)(C)O)c1. The number of methoxy groups -OCH3 is 1. The zero-order valence-electron chi connectivity index (χ0n) is 20.9. The van der Waals surface area contributed by atoms with E-state index in [9.17, 15) is 18.3 Å². The van der Waals surface area contributed by atoms with Gasteiger partial charge < -0.3 is 15.2 Å². The Morgan fingerprint density at radius 2 is 2.00 bits per heavy atom. The van der Waals surface area contributed by atoms with Crippen molar-refractivity contribution in [1.82, 2.24) is 15.1 Å². The van der Waals surface area contributed by atoms with E-state index in [1.807, 2.05) is 31.2 Å². The van der Waals surface area contributed by atoms with Gasteiger partial charge in [-0.1, -0.05) is 48.5 Å². The summed E-state index contributed by atoms with van der Waals surface area (Å²) in [6, 6.07) is 10.4. The summed E-state index contributed by atoms with van der Waals surface area (Å²) in [6.45, 7) is 9.29. The largest absolute Gasteiger partial charge is 0.496 e. The molecule has 3 aromatic rings. The van der Waals surface area contributed by atoms with Crippen LogP contribution in [0.4, 0.5) is 5.82 Å². The number of halogens is 1. The maximum Gasteiger partial charge on any atom is 0.272 e. The van der Waals surface area contributed by atoms with Crippen molar-refractivity contribution in [2.45, 2.75) is 43.7 Å². The van der Waals surface area contributed by atoms with E-state index in [1.165, 1.54) is 33.1 Å². The minimum atomic E-state index is -3.96. The number of nitrogens with one attached hydrogen (secondary N) is 2. The highest BCUT2D eigenvalue weighted by Crippen LogP contribution is 2.26. The number of rotatable bonds is 10. The van der Waals surface area contributed by atoms with E-state index >= 15 is 0 Å². The van der Waals surface area contributed by atoms with E-state index in [0.717, 1.165) is 22.5 Å². The monoisotopic (exact) mass is 564 g/mol. The molecule has 0 fully saturated rings. The number of amides is 1. The third-order valence-electron chi connectivity index (χ3n) is 5.22. The predicted octanol–water partition coefficient (Wildman–Crippen LogP) is 2.58. The van der Waals surface area contributed by atoms with Crippen LogP contribution in [0.2, 0.25) is 4.34 Å². The molecule has 1 aromatic carbocycles. The van der Waals surface area contributed by atoms with Gasteiger partial charge in [0.2, 0.25) is 0 Å². The van der Waals surface area contributed by atoms with Gasteiger partial charge in [0.05, 0.1) is 28.6 Å². The average Bonchev–Trinajstić information content (AvgIpc) is 3.39. The van der Waals surface area contributed by atoms with Gasteiger partial charge in [0.1, 0.15) is 15.6 Å². The fourth-order valence-electron chi connectivity index (χ4n) is 3.39. The second-order valence-electron chi connectivity index (χ2n) is 8.62. The third-order valence-corrected chi connectivity index (χ3v) is 8.28. The molecule has 2 aromatic heterocycles. The van der Waals surface area contributed by atoms with Crippen LogP contribution in [0.5, 0.6) is 0 Å². The first kappa shape index (κ1) is 28.5. The molecule has 0 aliphatic heterocycles. The number of ether oxygens (including phenoxy) is 1.